The largest absolute Gasteiger partial charge is 0.497 e. The molecule has 3 aromatic rings. The second kappa shape index (κ2) is 6.75. The van der Waals surface area contributed by atoms with Crippen LogP contribution in [0, 0.1) is 0 Å². The maximum atomic E-state index is 12.1. The lowest BCUT2D eigenvalue weighted by atomic mass is 10.1. The lowest BCUT2D eigenvalue weighted by Crippen LogP contribution is -2.18. The molecule has 1 aliphatic carbocycles. The van der Waals surface area contributed by atoms with Gasteiger partial charge >= 0.3 is 0 Å². The number of methoxy groups -OCH3 is 1. The molecule has 0 fully saturated rings. The molecule has 0 saturated heterocycles. The number of nitrogens with two attached hydrogens (primary N) is 2. The van der Waals surface area contributed by atoms with Crippen LogP contribution in [0.2, 0.25) is 0 Å². The van der Waals surface area contributed by atoms with E-state index in [0.717, 1.165) is 53.1 Å². The summed E-state index contributed by atoms with van der Waals surface area (Å²) >= 11 is 0. The van der Waals surface area contributed by atoms with Crippen LogP contribution in [0.25, 0.3) is 11.4 Å². The Hall–Kier alpha value is -3.35. The van der Waals surface area contributed by atoms with Gasteiger partial charge in [-0.25, -0.2) is 9.97 Å². The molecule has 0 unspecified atom stereocenters. The van der Waals surface area contributed by atoms with Crippen molar-refractivity contribution in [3.8, 4) is 17.1 Å². The van der Waals surface area contributed by atoms with Crippen molar-refractivity contribution in [3.05, 3.63) is 58.9 Å². The number of amides is 1. The number of rotatable bonds is 4. The van der Waals surface area contributed by atoms with E-state index in [1.807, 2.05) is 34.9 Å². The number of hydrogen-bond acceptors (Lipinski definition) is 5. The maximum absolute atomic E-state index is 12.1. The van der Waals surface area contributed by atoms with Gasteiger partial charge in [-0.3, -0.25) is 4.79 Å². The summed E-state index contributed by atoms with van der Waals surface area (Å²) in [6, 6.07) is 9.63. The minimum absolute atomic E-state index is 0.222. The van der Waals surface area contributed by atoms with Gasteiger partial charge in [0.25, 0.3) is 5.91 Å². The molecule has 4 N–H and O–H groups in total. The number of aromatic nitrogens is 3. The monoisotopic (exact) mass is 363 g/mol. The number of fused-ring (bicyclic) bond motifs is 3. The fourth-order valence-electron chi connectivity index (χ4n) is 3.64. The molecule has 1 aromatic carbocycles. The Balaban J connectivity index is 1.88. The molecule has 0 bridgehead atoms. The predicted octanol–water partition coefficient (Wildman–Crippen LogP) is 2.17. The Bertz CT molecular complexity index is 1010. The van der Waals surface area contributed by atoms with Gasteiger partial charge in [0.2, 0.25) is 5.95 Å². The highest BCUT2D eigenvalue weighted by molar-refractivity contribution is 5.93. The molecule has 4 rings (SSSR count). The molecule has 27 heavy (non-hydrogen) atoms. The standard InChI is InChI=1S/C20H21N5O2/c1-27-15-7-5-12(6-8-15)11-25-16(19(21)26)9-13-3-2-4-14-10-23-20(22)24-17(14)18(13)25/h5-10H,2-4,11H2,1H3,(H2,21,26)(H2,22,23,24). The first-order chi connectivity index (χ1) is 13.1. The van der Waals surface area contributed by atoms with Gasteiger partial charge in [-0.15, -0.1) is 0 Å². The Kier molecular flexibility index (Phi) is 4.27. The number of carbonyl (C=O) groups is 1. The average Bonchev–Trinajstić information content (AvgIpc) is 2.92. The van der Waals surface area contributed by atoms with E-state index >= 15 is 0 Å². The van der Waals surface area contributed by atoms with E-state index in [1.165, 1.54) is 0 Å². The third-order valence-electron chi connectivity index (χ3n) is 4.93. The van der Waals surface area contributed by atoms with Gasteiger partial charge in [-0.05, 0) is 54.2 Å². The smallest absolute Gasteiger partial charge is 0.265 e. The Morgan fingerprint density at radius 3 is 2.67 bits per heavy atom. The van der Waals surface area contributed by atoms with E-state index in [9.17, 15) is 4.79 Å². The van der Waals surface area contributed by atoms with Crippen LogP contribution >= 0.6 is 0 Å². The number of hydrogen-bond donors (Lipinski definition) is 2. The van der Waals surface area contributed by atoms with E-state index in [1.54, 1.807) is 13.3 Å². The van der Waals surface area contributed by atoms with Crippen molar-refractivity contribution in [3.63, 3.8) is 0 Å². The molecule has 138 valence electrons. The zero-order valence-corrected chi connectivity index (χ0v) is 15.1. The highest BCUT2D eigenvalue weighted by Crippen LogP contribution is 2.34. The molecule has 0 saturated carbocycles. The minimum atomic E-state index is -0.458. The van der Waals surface area contributed by atoms with Crippen LogP contribution in [0.15, 0.2) is 36.5 Å². The van der Waals surface area contributed by atoms with Gasteiger partial charge in [0.1, 0.15) is 11.4 Å². The molecule has 2 heterocycles. The highest BCUT2D eigenvalue weighted by atomic mass is 16.5. The Labute approximate surface area is 157 Å². The van der Waals surface area contributed by atoms with E-state index in [2.05, 4.69) is 9.97 Å². The molecular weight excluding hydrogens is 342 g/mol. The summed E-state index contributed by atoms with van der Waals surface area (Å²) in [7, 11) is 1.63. The van der Waals surface area contributed by atoms with Crippen molar-refractivity contribution < 1.29 is 9.53 Å². The Morgan fingerprint density at radius 1 is 1.22 bits per heavy atom. The summed E-state index contributed by atoms with van der Waals surface area (Å²) in [6.45, 7) is 0.501. The molecule has 0 atom stereocenters. The second-order valence-corrected chi connectivity index (χ2v) is 6.66. The number of nitrogens with zero attached hydrogens (tertiary/aromatic N) is 3. The lowest BCUT2D eigenvalue weighted by molar-refractivity contribution is 0.0992. The quantitative estimate of drug-likeness (QED) is 0.738. The summed E-state index contributed by atoms with van der Waals surface area (Å²) in [4.78, 5) is 20.7. The topological polar surface area (TPSA) is 109 Å². The lowest BCUT2D eigenvalue weighted by Gasteiger charge is -2.14. The van der Waals surface area contributed by atoms with Gasteiger partial charge in [-0.2, -0.15) is 0 Å². The number of primary amides is 1. The maximum Gasteiger partial charge on any atom is 0.265 e. The molecular formula is C20H21N5O2. The second-order valence-electron chi connectivity index (χ2n) is 6.66. The van der Waals surface area contributed by atoms with Crippen LogP contribution in [0.1, 0.15) is 33.6 Å². The van der Waals surface area contributed by atoms with E-state index in [0.29, 0.717) is 12.2 Å². The molecule has 0 radical (unpaired) electrons. The summed E-state index contributed by atoms with van der Waals surface area (Å²) in [5.41, 5.74) is 16.8. The van der Waals surface area contributed by atoms with Gasteiger partial charge < -0.3 is 20.8 Å². The van der Waals surface area contributed by atoms with E-state index < -0.39 is 5.91 Å². The summed E-state index contributed by atoms with van der Waals surface area (Å²) in [5, 5.41) is 0. The number of anilines is 1. The first-order valence-corrected chi connectivity index (χ1v) is 8.83. The molecule has 0 aliphatic heterocycles. The van der Waals surface area contributed by atoms with E-state index in [-0.39, 0.29) is 5.95 Å². The number of aryl methyl sites for hydroxylation is 2. The van der Waals surface area contributed by atoms with Gasteiger partial charge in [0.15, 0.2) is 0 Å². The zero-order chi connectivity index (χ0) is 19.0. The summed E-state index contributed by atoms with van der Waals surface area (Å²) < 4.78 is 7.16. The van der Waals surface area contributed by atoms with Crippen molar-refractivity contribution in [2.45, 2.75) is 25.8 Å². The van der Waals surface area contributed by atoms with Crippen LogP contribution < -0.4 is 16.2 Å². The van der Waals surface area contributed by atoms with Crippen molar-refractivity contribution in [2.24, 2.45) is 5.73 Å². The first kappa shape index (κ1) is 17.1. The third-order valence-corrected chi connectivity index (χ3v) is 4.93. The van der Waals surface area contributed by atoms with Gasteiger partial charge in [-0.1, -0.05) is 12.1 Å². The molecule has 2 aromatic heterocycles. The van der Waals surface area contributed by atoms with Gasteiger partial charge in [0.05, 0.1) is 18.5 Å². The van der Waals surface area contributed by atoms with Crippen LogP contribution in [0.3, 0.4) is 0 Å². The molecule has 1 amide bonds. The van der Waals surface area contributed by atoms with Crippen molar-refractivity contribution in [1.82, 2.24) is 14.5 Å². The van der Waals surface area contributed by atoms with Crippen molar-refractivity contribution >= 4 is 11.9 Å². The molecule has 7 nitrogen and oxygen atoms in total. The first-order valence-electron chi connectivity index (χ1n) is 8.83. The molecule has 7 heteroatoms. The fraction of sp³-hybridized carbons (Fsp3) is 0.250. The fourth-order valence-corrected chi connectivity index (χ4v) is 3.64. The summed E-state index contributed by atoms with van der Waals surface area (Å²) in [6.07, 6.45) is 4.46. The third kappa shape index (κ3) is 3.12. The van der Waals surface area contributed by atoms with Crippen molar-refractivity contribution in [2.75, 3.05) is 12.8 Å². The zero-order valence-electron chi connectivity index (χ0n) is 15.1. The van der Waals surface area contributed by atoms with E-state index in [4.69, 9.17) is 16.2 Å². The predicted molar refractivity (Wildman–Crippen MR) is 103 cm³/mol. The number of carbonyl (C=O) groups excluding carboxylic acids is 1. The normalized spacial score (nSPS) is 12.8. The summed E-state index contributed by atoms with van der Waals surface area (Å²) in [5.74, 6) is 0.547. The SMILES string of the molecule is COc1ccc(Cn2c(C(N)=O)cc3c2-c2nc(N)ncc2CCC3)cc1. The number of ether oxygens (including phenoxy) is 1. The number of benzene rings is 1. The van der Waals surface area contributed by atoms with Crippen LogP contribution in [-0.4, -0.2) is 27.6 Å². The van der Waals surface area contributed by atoms with Crippen LogP contribution in [0.5, 0.6) is 5.75 Å². The average molecular weight is 363 g/mol. The highest BCUT2D eigenvalue weighted by Gasteiger charge is 2.25. The molecule has 1 aliphatic rings. The van der Waals surface area contributed by atoms with Crippen molar-refractivity contribution in [1.29, 1.82) is 0 Å². The number of nitrogen functional groups attached to an aromatic ring is 1. The van der Waals surface area contributed by atoms with Crippen LogP contribution in [0.4, 0.5) is 5.95 Å². The van der Waals surface area contributed by atoms with Gasteiger partial charge in [0, 0.05) is 12.7 Å². The molecule has 0 spiro atoms. The minimum Gasteiger partial charge on any atom is -0.497 e. The van der Waals surface area contributed by atoms with Crippen LogP contribution in [-0.2, 0) is 19.4 Å². The Morgan fingerprint density at radius 2 is 1.96 bits per heavy atom.